The number of nitriles is 1. The van der Waals surface area contributed by atoms with E-state index in [1.54, 1.807) is 12.4 Å². The van der Waals surface area contributed by atoms with Crippen molar-refractivity contribution in [3.63, 3.8) is 0 Å². The lowest BCUT2D eigenvalue weighted by atomic mass is 10.2. The molecule has 0 unspecified atom stereocenters. The van der Waals surface area contributed by atoms with E-state index in [0.717, 1.165) is 5.56 Å². The highest BCUT2D eigenvalue weighted by Gasteiger charge is 2.01. The molecule has 4 nitrogen and oxygen atoms in total. The van der Waals surface area contributed by atoms with Gasteiger partial charge in [0.15, 0.2) is 0 Å². The molecular formula is C8H9N3O. The molecule has 0 aromatic carbocycles. The fourth-order valence-electron chi connectivity index (χ4n) is 0.854. The fourth-order valence-corrected chi connectivity index (χ4v) is 0.854. The van der Waals surface area contributed by atoms with E-state index < -0.39 is 0 Å². The van der Waals surface area contributed by atoms with Crippen molar-refractivity contribution in [3.8, 4) is 6.07 Å². The number of aromatic nitrogens is 1. The molecule has 0 bridgehead atoms. The van der Waals surface area contributed by atoms with Gasteiger partial charge in [-0.2, -0.15) is 5.26 Å². The summed E-state index contributed by atoms with van der Waals surface area (Å²) < 4.78 is 0. The molecule has 1 heterocycles. The highest BCUT2D eigenvalue weighted by molar-refractivity contribution is 5.78. The number of aromatic amines is 1. The zero-order chi connectivity index (χ0) is 8.81. The first-order chi connectivity index (χ1) is 5.83. The minimum absolute atomic E-state index is 0.0727. The van der Waals surface area contributed by atoms with Gasteiger partial charge in [0, 0.05) is 12.4 Å². The smallest absolute Gasteiger partial charge is 0.225 e. The Morgan fingerprint density at radius 1 is 1.75 bits per heavy atom. The molecule has 0 saturated carbocycles. The molecule has 0 aliphatic carbocycles. The molecule has 2 N–H and O–H groups in total. The standard InChI is InChI=1S/C8H9N3O/c9-2-4-11-8(12)5-7-1-3-10-6-7/h1,3,6,10H,4-5H2,(H,11,12). The van der Waals surface area contributed by atoms with Crippen molar-refractivity contribution in [2.24, 2.45) is 0 Å². The van der Waals surface area contributed by atoms with Gasteiger partial charge in [-0.3, -0.25) is 4.79 Å². The summed E-state index contributed by atoms with van der Waals surface area (Å²) in [4.78, 5) is 13.8. The van der Waals surface area contributed by atoms with Gasteiger partial charge in [0.05, 0.1) is 12.5 Å². The van der Waals surface area contributed by atoms with Crippen molar-refractivity contribution in [2.45, 2.75) is 6.42 Å². The maximum atomic E-state index is 11.0. The van der Waals surface area contributed by atoms with Crippen LogP contribution in [-0.2, 0) is 11.2 Å². The van der Waals surface area contributed by atoms with Gasteiger partial charge in [-0.25, -0.2) is 0 Å². The Hall–Kier alpha value is -1.76. The number of hydrogen-bond donors (Lipinski definition) is 2. The molecule has 0 atom stereocenters. The number of H-pyrrole nitrogens is 1. The van der Waals surface area contributed by atoms with Crippen LogP contribution in [0.1, 0.15) is 5.56 Å². The molecule has 62 valence electrons. The first-order valence-corrected chi connectivity index (χ1v) is 3.58. The van der Waals surface area contributed by atoms with E-state index in [4.69, 9.17) is 5.26 Å². The topological polar surface area (TPSA) is 68.7 Å². The summed E-state index contributed by atoms with van der Waals surface area (Å²) in [6.45, 7) is 0.0727. The maximum absolute atomic E-state index is 11.0. The van der Waals surface area contributed by atoms with E-state index in [1.165, 1.54) is 0 Å². The predicted molar refractivity (Wildman–Crippen MR) is 43.1 cm³/mol. The first kappa shape index (κ1) is 8.34. The lowest BCUT2D eigenvalue weighted by molar-refractivity contribution is -0.120. The van der Waals surface area contributed by atoms with E-state index in [-0.39, 0.29) is 12.5 Å². The lowest BCUT2D eigenvalue weighted by Crippen LogP contribution is -2.24. The van der Waals surface area contributed by atoms with Gasteiger partial charge >= 0.3 is 0 Å². The Bertz CT molecular complexity index is 284. The van der Waals surface area contributed by atoms with Crippen LogP contribution in [0.15, 0.2) is 18.5 Å². The summed E-state index contributed by atoms with van der Waals surface area (Å²) in [5.74, 6) is -0.129. The molecule has 1 aromatic rings. The monoisotopic (exact) mass is 163 g/mol. The molecule has 0 radical (unpaired) electrons. The largest absolute Gasteiger partial charge is 0.367 e. The van der Waals surface area contributed by atoms with Crippen molar-refractivity contribution < 1.29 is 4.79 Å². The van der Waals surface area contributed by atoms with Crippen LogP contribution in [0.5, 0.6) is 0 Å². The zero-order valence-corrected chi connectivity index (χ0v) is 6.50. The second-order valence-corrected chi connectivity index (χ2v) is 2.33. The third-order valence-electron chi connectivity index (χ3n) is 1.39. The molecule has 0 aliphatic heterocycles. The maximum Gasteiger partial charge on any atom is 0.225 e. The average Bonchev–Trinajstić information content (AvgIpc) is 2.53. The summed E-state index contributed by atoms with van der Waals surface area (Å²) in [7, 11) is 0. The molecular weight excluding hydrogens is 154 g/mol. The molecule has 1 amide bonds. The number of rotatable bonds is 3. The number of nitrogens with one attached hydrogen (secondary N) is 2. The molecule has 0 fully saturated rings. The number of carbonyl (C=O) groups excluding carboxylic acids is 1. The van der Waals surface area contributed by atoms with E-state index >= 15 is 0 Å². The number of nitrogens with zero attached hydrogens (tertiary/aromatic N) is 1. The number of carbonyl (C=O) groups is 1. The fraction of sp³-hybridized carbons (Fsp3) is 0.250. The van der Waals surface area contributed by atoms with Gasteiger partial charge in [0.1, 0.15) is 6.54 Å². The Morgan fingerprint density at radius 3 is 3.17 bits per heavy atom. The third kappa shape index (κ3) is 2.46. The molecule has 1 rings (SSSR count). The van der Waals surface area contributed by atoms with Gasteiger partial charge < -0.3 is 10.3 Å². The van der Waals surface area contributed by atoms with E-state index in [9.17, 15) is 4.79 Å². The minimum Gasteiger partial charge on any atom is -0.367 e. The predicted octanol–water partition coefficient (Wildman–Crippen LogP) is 0.197. The van der Waals surface area contributed by atoms with Gasteiger partial charge in [-0.05, 0) is 11.6 Å². The Labute approximate surface area is 70.2 Å². The van der Waals surface area contributed by atoms with E-state index in [1.807, 2.05) is 12.1 Å². The number of hydrogen-bond acceptors (Lipinski definition) is 2. The van der Waals surface area contributed by atoms with Gasteiger partial charge in [-0.1, -0.05) is 0 Å². The van der Waals surface area contributed by atoms with Gasteiger partial charge in [0.25, 0.3) is 0 Å². The van der Waals surface area contributed by atoms with Crippen LogP contribution < -0.4 is 5.32 Å². The highest BCUT2D eigenvalue weighted by Crippen LogP contribution is 1.96. The van der Waals surface area contributed by atoms with Crippen LogP contribution in [0.2, 0.25) is 0 Å². The Morgan fingerprint density at radius 2 is 2.58 bits per heavy atom. The van der Waals surface area contributed by atoms with Crippen LogP contribution in [0, 0.1) is 11.3 Å². The van der Waals surface area contributed by atoms with Gasteiger partial charge in [0.2, 0.25) is 5.91 Å². The van der Waals surface area contributed by atoms with Gasteiger partial charge in [-0.15, -0.1) is 0 Å². The van der Waals surface area contributed by atoms with E-state index in [2.05, 4.69) is 10.3 Å². The quantitative estimate of drug-likeness (QED) is 0.625. The summed E-state index contributed by atoms with van der Waals surface area (Å²) >= 11 is 0. The van der Waals surface area contributed by atoms with Crippen molar-refractivity contribution in [3.05, 3.63) is 24.0 Å². The highest BCUT2D eigenvalue weighted by atomic mass is 16.1. The summed E-state index contributed by atoms with van der Waals surface area (Å²) in [5, 5.41) is 10.6. The number of amides is 1. The summed E-state index contributed by atoms with van der Waals surface area (Å²) in [6, 6.07) is 3.66. The van der Waals surface area contributed by atoms with Crippen LogP contribution in [0.4, 0.5) is 0 Å². The first-order valence-electron chi connectivity index (χ1n) is 3.58. The van der Waals surface area contributed by atoms with Crippen molar-refractivity contribution >= 4 is 5.91 Å². The van der Waals surface area contributed by atoms with Crippen LogP contribution >= 0.6 is 0 Å². The van der Waals surface area contributed by atoms with Crippen LogP contribution in [0.3, 0.4) is 0 Å². The summed E-state index contributed by atoms with van der Waals surface area (Å²) in [5.41, 5.74) is 0.922. The molecule has 0 saturated heterocycles. The zero-order valence-electron chi connectivity index (χ0n) is 6.50. The van der Waals surface area contributed by atoms with Crippen LogP contribution in [-0.4, -0.2) is 17.4 Å². The lowest BCUT2D eigenvalue weighted by Gasteiger charge is -1.97. The van der Waals surface area contributed by atoms with Crippen molar-refractivity contribution in [1.82, 2.24) is 10.3 Å². The SMILES string of the molecule is N#CCNC(=O)Cc1cc[nH]c1. The normalized spacial score (nSPS) is 8.92. The molecule has 4 heteroatoms. The van der Waals surface area contributed by atoms with Crippen LogP contribution in [0.25, 0.3) is 0 Å². The summed E-state index contributed by atoms with van der Waals surface area (Å²) in [6.07, 6.45) is 3.84. The van der Waals surface area contributed by atoms with Crippen molar-refractivity contribution in [1.29, 1.82) is 5.26 Å². The second kappa shape index (κ2) is 4.19. The average molecular weight is 163 g/mol. The second-order valence-electron chi connectivity index (χ2n) is 2.33. The molecule has 1 aromatic heterocycles. The molecule has 0 spiro atoms. The Kier molecular flexibility index (Phi) is 2.91. The molecule has 12 heavy (non-hydrogen) atoms. The van der Waals surface area contributed by atoms with E-state index in [0.29, 0.717) is 6.42 Å². The van der Waals surface area contributed by atoms with Crippen molar-refractivity contribution in [2.75, 3.05) is 6.54 Å². The minimum atomic E-state index is -0.129. The Balaban J connectivity index is 2.33. The molecule has 0 aliphatic rings. The third-order valence-corrected chi connectivity index (χ3v) is 1.39.